The Hall–Kier alpha value is -0.920. The molecule has 0 aliphatic carbocycles. The van der Waals surface area contributed by atoms with Crippen molar-refractivity contribution in [3.05, 3.63) is 23.3 Å². The Morgan fingerprint density at radius 2 is 1.09 bits per heavy atom. The molecule has 0 atom stereocenters. The van der Waals surface area contributed by atoms with Gasteiger partial charge in [0.1, 0.15) is 5.82 Å². The van der Waals surface area contributed by atoms with Crippen LogP contribution in [-0.4, -0.2) is 9.97 Å². The van der Waals surface area contributed by atoms with E-state index in [0.717, 1.165) is 25.1 Å². The first kappa shape index (κ1) is 19.1. The maximum Gasteiger partial charge on any atom is 0.128 e. The summed E-state index contributed by atoms with van der Waals surface area (Å²) in [5.41, 5.74) is 2.54. The van der Waals surface area contributed by atoms with E-state index in [-0.39, 0.29) is 0 Å². The Bertz CT molecular complexity index is 355. The molecule has 0 aromatic carbocycles. The fourth-order valence-electron chi connectivity index (χ4n) is 2.85. The van der Waals surface area contributed by atoms with E-state index < -0.39 is 0 Å². The van der Waals surface area contributed by atoms with Gasteiger partial charge in [0.25, 0.3) is 0 Å². The molecule has 22 heavy (non-hydrogen) atoms. The van der Waals surface area contributed by atoms with Crippen LogP contribution in [0.4, 0.5) is 0 Å². The predicted molar refractivity (Wildman–Crippen MR) is 96.3 cm³/mol. The van der Waals surface area contributed by atoms with Gasteiger partial charge in [-0.3, -0.25) is 0 Å². The molecule has 0 aliphatic rings. The SMILES string of the molecule is CCCCCCCc1cc(CCCCCCC)nc(CC)n1. The van der Waals surface area contributed by atoms with Gasteiger partial charge in [-0.1, -0.05) is 72.1 Å². The van der Waals surface area contributed by atoms with Crippen LogP contribution >= 0.6 is 0 Å². The van der Waals surface area contributed by atoms with Gasteiger partial charge in [-0.15, -0.1) is 0 Å². The molecule has 0 radical (unpaired) electrons. The Balaban J connectivity index is 2.42. The Morgan fingerprint density at radius 1 is 0.636 bits per heavy atom. The molecule has 1 aromatic rings. The van der Waals surface area contributed by atoms with E-state index in [9.17, 15) is 0 Å². The molecule has 2 nitrogen and oxygen atoms in total. The van der Waals surface area contributed by atoms with Crippen molar-refractivity contribution in [2.45, 2.75) is 104 Å². The van der Waals surface area contributed by atoms with Gasteiger partial charge in [0.2, 0.25) is 0 Å². The van der Waals surface area contributed by atoms with Crippen LogP contribution in [0, 0.1) is 0 Å². The molecular weight excluding hydrogens is 268 g/mol. The Labute approximate surface area is 138 Å². The highest BCUT2D eigenvalue weighted by molar-refractivity contribution is 5.12. The van der Waals surface area contributed by atoms with E-state index >= 15 is 0 Å². The molecule has 1 rings (SSSR count). The lowest BCUT2D eigenvalue weighted by Gasteiger charge is -2.07. The first-order valence-electron chi connectivity index (χ1n) is 9.65. The smallest absolute Gasteiger partial charge is 0.128 e. The van der Waals surface area contributed by atoms with Crippen molar-refractivity contribution >= 4 is 0 Å². The van der Waals surface area contributed by atoms with E-state index in [0.29, 0.717) is 0 Å². The average Bonchev–Trinajstić information content (AvgIpc) is 2.54. The summed E-state index contributed by atoms with van der Waals surface area (Å²) in [6.07, 6.45) is 16.5. The lowest BCUT2D eigenvalue weighted by Crippen LogP contribution is -2.03. The van der Waals surface area contributed by atoms with Gasteiger partial charge in [-0.25, -0.2) is 9.97 Å². The molecule has 1 heterocycles. The number of rotatable bonds is 13. The van der Waals surface area contributed by atoms with Crippen LogP contribution in [0.25, 0.3) is 0 Å². The first-order valence-corrected chi connectivity index (χ1v) is 9.65. The maximum absolute atomic E-state index is 4.72. The van der Waals surface area contributed by atoms with Gasteiger partial charge >= 0.3 is 0 Å². The van der Waals surface area contributed by atoms with Gasteiger partial charge < -0.3 is 0 Å². The predicted octanol–water partition coefficient (Wildman–Crippen LogP) is 6.06. The summed E-state index contributed by atoms with van der Waals surface area (Å²) in [4.78, 5) is 9.43. The number of hydrogen-bond acceptors (Lipinski definition) is 2. The van der Waals surface area contributed by atoms with E-state index in [4.69, 9.17) is 9.97 Å². The lowest BCUT2D eigenvalue weighted by atomic mass is 10.1. The highest BCUT2D eigenvalue weighted by Gasteiger charge is 2.04. The molecule has 126 valence electrons. The summed E-state index contributed by atoms with van der Waals surface area (Å²) in [6.45, 7) is 6.70. The zero-order chi connectivity index (χ0) is 16.0. The zero-order valence-corrected chi connectivity index (χ0v) is 15.2. The topological polar surface area (TPSA) is 25.8 Å². The minimum Gasteiger partial charge on any atom is -0.238 e. The second-order valence-corrected chi connectivity index (χ2v) is 6.45. The fraction of sp³-hybridized carbons (Fsp3) is 0.800. The molecule has 0 aliphatic heterocycles. The highest BCUT2D eigenvalue weighted by Crippen LogP contribution is 2.12. The van der Waals surface area contributed by atoms with Gasteiger partial charge in [-0.05, 0) is 31.7 Å². The molecule has 0 saturated heterocycles. The summed E-state index contributed by atoms with van der Waals surface area (Å²) in [5.74, 6) is 1.04. The molecule has 0 amide bonds. The lowest BCUT2D eigenvalue weighted by molar-refractivity contribution is 0.618. The molecular formula is C20H36N2. The van der Waals surface area contributed by atoms with E-state index in [2.05, 4.69) is 26.8 Å². The molecule has 0 saturated carbocycles. The monoisotopic (exact) mass is 304 g/mol. The fourth-order valence-corrected chi connectivity index (χ4v) is 2.85. The summed E-state index contributed by atoms with van der Waals surface area (Å²) in [6, 6.07) is 2.26. The molecule has 0 spiro atoms. The summed E-state index contributed by atoms with van der Waals surface area (Å²) < 4.78 is 0. The van der Waals surface area contributed by atoms with Crippen LogP contribution in [0.1, 0.15) is 102 Å². The standard InChI is InChI=1S/C20H36N2/c1-4-7-9-11-13-15-18-17-19(22-20(6-3)21-18)16-14-12-10-8-5-2/h17H,4-16H2,1-3H3. The largest absolute Gasteiger partial charge is 0.238 e. The van der Waals surface area contributed by atoms with Crippen LogP contribution in [-0.2, 0) is 19.3 Å². The highest BCUT2D eigenvalue weighted by atomic mass is 14.9. The maximum atomic E-state index is 4.72. The zero-order valence-electron chi connectivity index (χ0n) is 15.2. The van der Waals surface area contributed by atoms with Gasteiger partial charge in [0.05, 0.1) is 0 Å². The minimum atomic E-state index is 0.951. The first-order chi connectivity index (χ1) is 10.8. The summed E-state index contributed by atoms with van der Waals surface area (Å²) in [5, 5.41) is 0. The Kier molecular flexibility index (Phi) is 11.0. The van der Waals surface area contributed by atoms with E-state index in [1.807, 2.05) is 0 Å². The number of hydrogen-bond donors (Lipinski definition) is 0. The van der Waals surface area contributed by atoms with Crippen molar-refractivity contribution < 1.29 is 0 Å². The number of nitrogens with zero attached hydrogens (tertiary/aromatic N) is 2. The van der Waals surface area contributed by atoms with Gasteiger partial charge in [-0.2, -0.15) is 0 Å². The van der Waals surface area contributed by atoms with Gasteiger partial charge in [0.15, 0.2) is 0 Å². The van der Waals surface area contributed by atoms with Crippen LogP contribution in [0.3, 0.4) is 0 Å². The van der Waals surface area contributed by atoms with Crippen LogP contribution in [0.2, 0.25) is 0 Å². The van der Waals surface area contributed by atoms with Gasteiger partial charge in [0, 0.05) is 17.8 Å². The van der Waals surface area contributed by atoms with Crippen molar-refractivity contribution in [1.82, 2.24) is 9.97 Å². The minimum absolute atomic E-state index is 0.951. The summed E-state index contributed by atoms with van der Waals surface area (Å²) in [7, 11) is 0. The molecule has 0 fully saturated rings. The number of aromatic nitrogens is 2. The van der Waals surface area contributed by atoms with E-state index in [1.165, 1.54) is 75.6 Å². The number of unbranched alkanes of at least 4 members (excludes halogenated alkanes) is 8. The molecule has 0 bridgehead atoms. The molecule has 1 aromatic heterocycles. The third-order valence-corrected chi connectivity index (χ3v) is 4.27. The average molecular weight is 305 g/mol. The second kappa shape index (κ2) is 12.6. The third kappa shape index (κ3) is 8.51. The summed E-state index contributed by atoms with van der Waals surface area (Å²) >= 11 is 0. The van der Waals surface area contributed by atoms with Crippen LogP contribution in [0.5, 0.6) is 0 Å². The normalized spacial score (nSPS) is 11.0. The van der Waals surface area contributed by atoms with Crippen molar-refractivity contribution in [2.24, 2.45) is 0 Å². The Morgan fingerprint density at radius 3 is 1.50 bits per heavy atom. The van der Waals surface area contributed by atoms with Crippen LogP contribution in [0.15, 0.2) is 6.07 Å². The second-order valence-electron chi connectivity index (χ2n) is 6.45. The van der Waals surface area contributed by atoms with Crippen molar-refractivity contribution in [1.29, 1.82) is 0 Å². The van der Waals surface area contributed by atoms with Crippen molar-refractivity contribution in [3.63, 3.8) is 0 Å². The van der Waals surface area contributed by atoms with Crippen LogP contribution < -0.4 is 0 Å². The molecule has 0 unspecified atom stereocenters. The number of aryl methyl sites for hydroxylation is 3. The third-order valence-electron chi connectivity index (χ3n) is 4.27. The molecule has 0 N–H and O–H groups in total. The quantitative estimate of drug-likeness (QED) is 0.414. The van der Waals surface area contributed by atoms with Crippen molar-refractivity contribution in [3.8, 4) is 0 Å². The molecule has 2 heteroatoms. The van der Waals surface area contributed by atoms with E-state index in [1.54, 1.807) is 0 Å². The van der Waals surface area contributed by atoms with Crippen molar-refractivity contribution in [2.75, 3.05) is 0 Å².